The summed E-state index contributed by atoms with van der Waals surface area (Å²) in [6, 6.07) is 18.7. The quantitative estimate of drug-likeness (QED) is 0.514. The highest BCUT2D eigenvalue weighted by molar-refractivity contribution is 6.08. The molecular weight excluding hydrogens is 388 g/mol. The number of amides is 2. The highest BCUT2D eigenvalue weighted by Gasteiger charge is 2.15. The zero-order valence-corrected chi connectivity index (χ0v) is 17.3. The van der Waals surface area contributed by atoms with E-state index in [9.17, 15) is 9.59 Å². The monoisotopic (exact) mass is 410 g/mol. The Morgan fingerprint density at radius 1 is 0.935 bits per heavy atom. The van der Waals surface area contributed by atoms with Gasteiger partial charge in [-0.2, -0.15) is 0 Å². The van der Waals surface area contributed by atoms with Crippen LogP contribution in [0.1, 0.15) is 21.5 Å². The fourth-order valence-electron chi connectivity index (χ4n) is 3.48. The number of carbonyl (C=O) groups excluding carboxylic acids is 2. The number of carbonyl (C=O) groups is 2. The van der Waals surface area contributed by atoms with Gasteiger partial charge in [-0.1, -0.05) is 36.4 Å². The lowest BCUT2D eigenvalue weighted by Gasteiger charge is -2.13. The van der Waals surface area contributed by atoms with Crippen LogP contribution in [-0.4, -0.2) is 28.3 Å². The average Bonchev–Trinajstić information content (AvgIpc) is 2.80. The smallest absolute Gasteiger partial charge is 0.252 e. The number of rotatable bonds is 5. The second kappa shape index (κ2) is 8.75. The van der Waals surface area contributed by atoms with Crippen LogP contribution < -0.4 is 10.6 Å². The molecule has 0 aliphatic heterocycles. The van der Waals surface area contributed by atoms with Gasteiger partial charge >= 0.3 is 0 Å². The Kier molecular flexibility index (Phi) is 5.71. The number of aromatic nitrogens is 2. The van der Waals surface area contributed by atoms with Crippen molar-refractivity contribution in [2.75, 3.05) is 11.9 Å². The van der Waals surface area contributed by atoms with Crippen LogP contribution in [0.4, 0.5) is 5.69 Å². The van der Waals surface area contributed by atoms with Crippen molar-refractivity contribution in [3.63, 3.8) is 0 Å². The maximum Gasteiger partial charge on any atom is 0.252 e. The largest absolute Gasteiger partial charge is 0.343 e. The van der Waals surface area contributed by atoms with Crippen molar-refractivity contribution in [1.29, 1.82) is 0 Å². The number of fused-ring (bicyclic) bond motifs is 1. The number of aryl methyl sites for hydroxylation is 2. The SMILES string of the molecule is Cc1cccc(C)c1NC(=O)CNC(=O)c1cc(-c2cccnc2)nc2ccccc12. The minimum absolute atomic E-state index is 0.133. The van der Waals surface area contributed by atoms with Gasteiger partial charge in [0.25, 0.3) is 5.91 Å². The van der Waals surface area contributed by atoms with Gasteiger partial charge < -0.3 is 10.6 Å². The number of nitrogens with one attached hydrogen (secondary N) is 2. The fraction of sp³-hybridized carbons (Fsp3) is 0.120. The van der Waals surface area contributed by atoms with Crippen molar-refractivity contribution < 1.29 is 9.59 Å². The highest BCUT2D eigenvalue weighted by atomic mass is 16.2. The van der Waals surface area contributed by atoms with Crippen LogP contribution in [0.5, 0.6) is 0 Å². The van der Waals surface area contributed by atoms with Gasteiger partial charge in [-0.05, 0) is 49.2 Å². The molecule has 0 radical (unpaired) electrons. The molecule has 0 unspecified atom stereocenters. The van der Waals surface area contributed by atoms with Crippen molar-refractivity contribution in [3.8, 4) is 11.3 Å². The standard InChI is InChI=1S/C25H22N4O2/c1-16-7-5-8-17(2)24(16)29-23(30)15-27-25(31)20-13-22(18-9-6-12-26-14-18)28-21-11-4-3-10-19(20)21/h3-14H,15H2,1-2H3,(H,27,31)(H,29,30). The molecule has 2 amide bonds. The summed E-state index contributed by atoms with van der Waals surface area (Å²) >= 11 is 0. The fourth-order valence-corrected chi connectivity index (χ4v) is 3.48. The van der Waals surface area contributed by atoms with Crippen molar-refractivity contribution in [2.45, 2.75) is 13.8 Å². The molecule has 0 spiro atoms. The molecule has 2 aromatic carbocycles. The summed E-state index contributed by atoms with van der Waals surface area (Å²) in [6.45, 7) is 3.74. The van der Waals surface area contributed by atoms with Crippen LogP contribution in [0.25, 0.3) is 22.2 Å². The summed E-state index contributed by atoms with van der Waals surface area (Å²) in [4.78, 5) is 34.3. The van der Waals surface area contributed by atoms with Gasteiger partial charge in [0.1, 0.15) is 0 Å². The number of nitrogens with zero attached hydrogens (tertiary/aromatic N) is 2. The van der Waals surface area contributed by atoms with Crippen molar-refractivity contribution in [1.82, 2.24) is 15.3 Å². The van der Waals surface area contributed by atoms with Gasteiger partial charge in [0.2, 0.25) is 5.91 Å². The van der Waals surface area contributed by atoms with Gasteiger partial charge in [0.05, 0.1) is 23.3 Å². The highest BCUT2D eigenvalue weighted by Crippen LogP contribution is 2.24. The Morgan fingerprint density at radius 2 is 1.71 bits per heavy atom. The molecular formula is C25H22N4O2. The van der Waals surface area contributed by atoms with E-state index in [1.54, 1.807) is 18.5 Å². The van der Waals surface area contributed by atoms with E-state index in [4.69, 9.17) is 0 Å². The number of hydrogen-bond donors (Lipinski definition) is 2. The lowest BCUT2D eigenvalue weighted by atomic mass is 10.0. The van der Waals surface area contributed by atoms with Gasteiger partial charge in [0, 0.05) is 29.0 Å². The predicted molar refractivity (Wildman–Crippen MR) is 122 cm³/mol. The molecule has 31 heavy (non-hydrogen) atoms. The maximum atomic E-state index is 13.0. The van der Waals surface area contributed by atoms with E-state index in [-0.39, 0.29) is 18.4 Å². The lowest BCUT2D eigenvalue weighted by molar-refractivity contribution is -0.115. The summed E-state index contributed by atoms with van der Waals surface area (Å²) in [5.41, 5.74) is 5.35. The molecule has 2 N–H and O–H groups in total. The Bertz CT molecular complexity index is 1250. The first-order valence-corrected chi connectivity index (χ1v) is 9.97. The van der Waals surface area contributed by atoms with Crippen LogP contribution in [0, 0.1) is 13.8 Å². The summed E-state index contributed by atoms with van der Waals surface area (Å²) in [7, 11) is 0. The molecule has 154 valence electrons. The zero-order valence-electron chi connectivity index (χ0n) is 17.3. The van der Waals surface area contributed by atoms with E-state index < -0.39 is 0 Å². The summed E-state index contributed by atoms with van der Waals surface area (Å²) in [5, 5.41) is 6.34. The van der Waals surface area contributed by atoms with Crippen LogP contribution in [0.2, 0.25) is 0 Å². The van der Waals surface area contributed by atoms with E-state index in [0.29, 0.717) is 16.8 Å². The number of anilines is 1. The normalized spacial score (nSPS) is 10.6. The van der Waals surface area contributed by atoms with Crippen molar-refractivity contribution >= 4 is 28.4 Å². The molecule has 0 saturated heterocycles. The predicted octanol–water partition coefficient (Wildman–Crippen LogP) is 4.28. The maximum absolute atomic E-state index is 13.0. The third kappa shape index (κ3) is 4.43. The van der Waals surface area contributed by atoms with E-state index in [2.05, 4.69) is 20.6 Å². The van der Waals surface area contributed by atoms with E-state index in [0.717, 1.165) is 27.8 Å². The summed E-state index contributed by atoms with van der Waals surface area (Å²) in [6.07, 6.45) is 3.39. The van der Waals surface area contributed by atoms with Gasteiger partial charge in [-0.3, -0.25) is 14.6 Å². The molecule has 4 aromatic rings. The Labute approximate surface area is 180 Å². The van der Waals surface area contributed by atoms with Crippen molar-refractivity contribution in [3.05, 3.63) is 89.7 Å². The second-order valence-electron chi connectivity index (χ2n) is 7.31. The van der Waals surface area contributed by atoms with E-state index in [1.165, 1.54) is 0 Å². The van der Waals surface area contributed by atoms with Gasteiger partial charge in [0.15, 0.2) is 0 Å². The molecule has 2 aromatic heterocycles. The molecule has 0 saturated carbocycles. The van der Waals surface area contributed by atoms with Crippen LogP contribution in [-0.2, 0) is 4.79 Å². The van der Waals surface area contributed by atoms with Crippen molar-refractivity contribution in [2.24, 2.45) is 0 Å². The summed E-state index contributed by atoms with van der Waals surface area (Å²) < 4.78 is 0. The Hall–Kier alpha value is -4.06. The number of benzene rings is 2. The molecule has 0 fully saturated rings. The Balaban J connectivity index is 1.57. The average molecular weight is 410 g/mol. The van der Waals surface area contributed by atoms with Crippen LogP contribution >= 0.6 is 0 Å². The zero-order chi connectivity index (χ0) is 21.8. The minimum atomic E-state index is -0.333. The minimum Gasteiger partial charge on any atom is -0.343 e. The second-order valence-corrected chi connectivity index (χ2v) is 7.31. The molecule has 0 atom stereocenters. The third-order valence-electron chi connectivity index (χ3n) is 5.07. The number of para-hydroxylation sites is 2. The molecule has 6 heteroatoms. The molecule has 0 aliphatic rings. The topological polar surface area (TPSA) is 84.0 Å². The summed E-state index contributed by atoms with van der Waals surface area (Å²) in [5.74, 6) is -0.614. The first kappa shape index (κ1) is 20.2. The molecule has 0 bridgehead atoms. The first-order chi connectivity index (χ1) is 15.0. The molecule has 4 rings (SSSR count). The lowest BCUT2D eigenvalue weighted by Crippen LogP contribution is -2.33. The number of pyridine rings is 2. The Morgan fingerprint density at radius 3 is 2.45 bits per heavy atom. The van der Waals surface area contributed by atoms with Gasteiger partial charge in [-0.25, -0.2) is 4.98 Å². The van der Waals surface area contributed by atoms with Gasteiger partial charge in [-0.15, -0.1) is 0 Å². The first-order valence-electron chi connectivity index (χ1n) is 9.97. The molecule has 6 nitrogen and oxygen atoms in total. The van der Waals surface area contributed by atoms with E-state index in [1.807, 2.05) is 68.4 Å². The number of hydrogen-bond acceptors (Lipinski definition) is 4. The van der Waals surface area contributed by atoms with Crippen LogP contribution in [0.3, 0.4) is 0 Å². The van der Waals surface area contributed by atoms with Crippen LogP contribution in [0.15, 0.2) is 73.1 Å². The van der Waals surface area contributed by atoms with E-state index >= 15 is 0 Å². The third-order valence-corrected chi connectivity index (χ3v) is 5.07. The molecule has 2 heterocycles. The molecule has 0 aliphatic carbocycles.